The summed E-state index contributed by atoms with van der Waals surface area (Å²) >= 11 is 0. The molecule has 0 aliphatic carbocycles. The van der Waals surface area contributed by atoms with Gasteiger partial charge in [0.15, 0.2) is 5.82 Å². The van der Waals surface area contributed by atoms with E-state index < -0.39 is 21.9 Å². The van der Waals surface area contributed by atoms with E-state index in [4.69, 9.17) is 4.74 Å². The molecule has 1 aromatic heterocycles. The number of rotatable bonds is 6. The van der Waals surface area contributed by atoms with Crippen LogP contribution >= 0.6 is 0 Å². The van der Waals surface area contributed by atoms with Crippen LogP contribution in [-0.4, -0.2) is 30.3 Å². The van der Waals surface area contributed by atoms with Crippen LogP contribution in [0.15, 0.2) is 23.1 Å². The maximum Gasteiger partial charge on any atom is 0.316 e. The lowest BCUT2D eigenvalue weighted by molar-refractivity contribution is 0.354. The van der Waals surface area contributed by atoms with Crippen LogP contribution in [0.4, 0.5) is 4.39 Å². The van der Waals surface area contributed by atoms with Crippen molar-refractivity contribution in [1.29, 1.82) is 0 Å². The van der Waals surface area contributed by atoms with Crippen molar-refractivity contribution in [1.82, 2.24) is 19.5 Å². The third kappa shape index (κ3) is 3.50. The Morgan fingerprint density at radius 1 is 1.39 bits per heavy atom. The Bertz CT molecular complexity index is 804. The van der Waals surface area contributed by atoms with Crippen LogP contribution in [0.3, 0.4) is 0 Å². The van der Waals surface area contributed by atoms with Gasteiger partial charge in [-0.1, -0.05) is 11.2 Å². The predicted molar refractivity (Wildman–Crippen MR) is 82.1 cm³/mol. The number of aryl methyl sites for hydroxylation is 1. The number of sulfonamides is 1. The summed E-state index contributed by atoms with van der Waals surface area (Å²) in [5.74, 6) is -0.411. The molecule has 2 rings (SSSR count). The highest BCUT2D eigenvalue weighted by molar-refractivity contribution is 7.89. The number of aromatic nitrogens is 3. The van der Waals surface area contributed by atoms with Crippen molar-refractivity contribution in [2.45, 2.75) is 38.3 Å². The third-order valence-electron chi connectivity index (χ3n) is 3.34. The third-order valence-corrected chi connectivity index (χ3v) is 4.90. The monoisotopic (exact) mass is 342 g/mol. The first-order chi connectivity index (χ1) is 10.8. The van der Waals surface area contributed by atoms with Crippen LogP contribution < -0.4 is 9.46 Å². The van der Waals surface area contributed by atoms with Crippen molar-refractivity contribution in [2.75, 3.05) is 7.11 Å². The van der Waals surface area contributed by atoms with Gasteiger partial charge < -0.3 is 4.74 Å². The van der Waals surface area contributed by atoms with Crippen molar-refractivity contribution < 1.29 is 17.5 Å². The molecule has 0 saturated heterocycles. The SMILES string of the molecule is CCn1c(OC)nnc1[C@@H](C)NS(=O)(=O)c1cc(C)ccc1F. The molecule has 126 valence electrons. The van der Waals surface area contributed by atoms with Crippen LogP contribution in [0.2, 0.25) is 0 Å². The topological polar surface area (TPSA) is 86.1 Å². The molecule has 1 N–H and O–H groups in total. The fraction of sp³-hybridized carbons (Fsp3) is 0.429. The highest BCUT2D eigenvalue weighted by atomic mass is 32.2. The minimum Gasteiger partial charge on any atom is -0.467 e. The number of benzene rings is 1. The molecule has 1 atom stereocenters. The molecule has 1 heterocycles. The summed E-state index contributed by atoms with van der Waals surface area (Å²) in [6.07, 6.45) is 0. The second kappa shape index (κ2) is 6.63. The zero-order valence-electron chi connectivity index (χ0n) is 13.4. The Morgan fingerprint density at radius 3 is 2.70 bits per heavy atom. The van der Waals surface area contributed by atoms with E-state index in [2.05, 4.69) is 14.9 Å². The van der Waals surface area contributed by atoms with Crippen molar-refractivity contribution in [2.24, 2.45) is 0 Å². The molecule has 9 heteroatoms. The minimum absolute atomic E-state index is 0.287. The highest BCUT2D eigenvalue weighted by Crippen LogP contribution is 2.21. The van der Waals surface area contributed by atoms with Crippen LogP contribution in [0, 0.1) is 12.7 Å². The number of hydrogen-bond acceptors (Lipinski definition) is 5. The van der Waals surface area contributed by atoms with Crippen molar-refractivity contribution in [3.05, 3.63) is 35.4 Å². The fourth-order valence-electron chi connectivity index (χ4n) is 2.23. The molecule has 0 unspecified atom stereocenters. The summed E-state index contributed by atoms with van der Waals surface area (Å²) in [6.45, 7) is 5.68. The van der Waals surface area contributed by atoms with Crippen molar-refractivity contribution in [3.8, 4) is 6.01 Å². The van der Waals surface area contributed by atoms with Gasteiger partial charge >= 0.3 is 6.01 Å². The van der Waals surface area contributed by atoms with Crippen LogP contribution in [0.25, 0.3) is 0 Å². The van der Waals surface area contributed by atoms with Gasteiger partial charge in [-0.05, 0) is 38.5 Å². The van der Waals surface area contributed by atoms with E-state index in [9.17, 15) is 12.8 Å². The summed E-state index contributed by atoms with van der Waals surface area (Å²) < 4.78 is 47.8. The molecule has 0 amide bonds. The van der Waals surface area contributed by atoms with Gasteiger partial charge in [0.05, 0.1) is 13.2 Å². The second-order valence-corrected chi connectivity index (χ2v) is 6.75. The van der Waals surface area contributed by atoms with Crippen LogP contribution in [0.5, 0.6) is 6.01 Å². The molecule has 0 saturated carbocycles. The standard InChI is InChI=1S/C14H19FN4O3S/c1-5-19-13(16-17-14(19)22-4)10(3)18-23(20,21)12-8-9(2)6-7-11(12)15/h6-8,10,18H,5H2,1-4H3/t10-/m1/s1. The molecule has 0 aliphatic heterocycles. The van der Waals surface area contributed by atoms with Crippen molar-refractivity contribution in [3.63, 3.8) is 0 Å². The first-order valence-electron chi connectivity index (χ1n) is 7.05. The molecule has 23 heavy (non-hydrogen) atoms. The van der Waals surface area contributed by atoms with Crippen LogP contribution in [0.1, 0.15) is 31.3 Å². The lowest BCUT2D eigenvalue weighted by Gasteiger charge is -2.15. The smallest absolute Gasteiger partial charge is 0.316 e. The van der Waals surface area contributed by atoms with E-state index in [1.807, 2.05) is 6.92 Å². The van der Waals surface area contributed by atoms with Gasteiger partial charge in [0.1, 0.15) is 10.7 Å². The molecule has 0 radical (unpaired) electrons. The molecule has 0 fully saturated rings. The maximum atomic E-state index is 13.8. The Balaban J connectivity index is 2.34. The van der Waals surface area contributed by atoms with Gasteiger partial charge in [0.25, 0.3) is 0 Å². The zero-order chi connectivity index (χ0) is 17.2. The van der Waals surface area contributed by atoms with Gasteiger partial charge in [-0.3, -0.25) is 4.57 Å². The summed E-state index contributed by atoms with van der Waals surface area (Å²) in [6, 6.07) is 3.52. The van der Waals surface area contributed by atoms with Gasteiger partial charge in [-0.2, -0.15) is 0 Å². The number of nitrogens with one attached hydrogen (secondary N) is 1. The van der Waals surface area contributed by atoms with E-state index >= 15 is 0 Å². The van der Waals surface area contributed by atoms with Gasteiger partial charge in [-0.15, -0.1) is 5.10 Å². The Morgan fingerprint density at radius 2 is 2.09 bits per heavy atom. The molecular weight excluding hydrogens is 323 g/mol. The van der Waals surface area contributed by atoms with E-state index in [1.165, 1.54) is 19.2 Å². The van der Waals surface area contributed by atoms with Gasteiger partial charge in [-0.25, -0.2) is 17.5 Å². The first kappa shape index (κ1) is 17.4. The predicted octanol–water partition coefficient (Wildman–Crippen LogP) is 1.79. The molecule has 7 nitrogen and oxygen atoms in total. The Hall–Kier alpha value is -2.00. The van der Waals surface area contributed by atoms with Gasteiger partial charge in [0, 0.05) is 6.54 Å². The molecule has 0 spiro atoms. The number of halogens is 1. The second-order valence-electron chi connectivity index (χ2n) is 5.07. The van der Waals surface area contributed by atoms with Gasteiger partial charge in [0.2, 0.25) is 10.0 Å². The lowest BCUT2D eigenvalue weighted by atomic mass is 10.2. The lowest BCUT2D eigenvalue weighted by Crippen LogP contribution is -2.29. The molecule has 1 aromatic carbocycles. The highest BCUT2D eigenvalue weighted by Gasteiger charge is 2.25. The Labute approximate surface area is 134 Å². The van der Waals surface area contributed by atoms with Crippen molar-refractivity contribution >= 4 is 10.0 Å². The number of ether oxygens (including phenoxy) is 1. The first-order valence-corrected chi connectivity index (χ1v) is 8.54. The van der Waals surface area contributed by atoms with Crippen LogP contribution in [-0.2, 0) is 16.6 Å². The minimum atomic E-state index is -4.03. The molecular formula is C14H19FN4O3S. The van der Waals surface area contributed by atoms with E-state index in [0.717, 1.165) is 6.07 Å². The number of nitrogens with zero attached hydrogens (tertiary/aromatic N) is 3. The normalized spacial score (nSPS) is 13.1. The quantitative estimate of drug-likeness (QED) is 0.865. The van der Waals surface area contributed by atoms with E-state index in [-0.39, 0.29) is 10.9 Å². The summed E-state index contributed by atoms with van der Waals surface area (Å²) in [4.78, 5) is -0.390. The summed E-state index contributed by atoms with van der Waals surface area (Å²) in [5, 5.41) is 7.79. The fourth-order valence-corrected chi connectivity index (χ4v) is 3.60. The number of methoxy groups -OCH3 is 1. The summed E-state index contributed by atoms with van der Waals surface area (Å²) in [7, 11) is -2.57. The average molecular weight is 342 g/mol. The maximum absolute atomic E-state index is 13.8. The molecule has 2 aromatic rings. The largest absolute Gasteiger partial charge is 0.467 e. The number of hydrogen-bond donors (Lipinski definition) is 1. The van der Waals surface area contributed by atoms with E-state index in [0.29, 0.717) is 17.9 Å². The van der Waals surface area contributed by atoms with E-state index in [1.54, 1.807) is 18.4 Å². The summed E-state index contributed by atoms with van der Waals surface area (Å²) in [5.41, 5.74) is 0.651. The molecule has 0 aliphatic rings. The molecule has 0 bridgehead atoms. The zero-order valence-corrected chi connectivity index (χ0v) is 14.2. The Kier molecular flexibility index (Phi) is 5.00. The average Bonchev–Trinajstić information content (AvgIpc) is 2.92.